The molecule has 1 fully saturated rings. The number of halogens is 2. The molecule has 2 aromatic carbocycles. The first-order chi connectivity index (χ1) is 11.7. The summed E-state index contributed by atoms with van der Waals surface area (Å²) in [6, 6.07) is 13.7. The molecule has 0 amide bonds. The third kappa shape index (κ3) is 3.89. The van der Waals surface area contributed by atoms with Gasteiger partial charge in [0.15, 0.2) is 0 Å². The van der Waals surface area contributed by atoms with Gasteiger partial charge < -0.3 is 15.4 Å². The minimum absolute atomic E-state index is 0.245. The van der Waals surface area contributed by atoms with Gasteiger partial charge in [-0.1, -0.05) is 41.9 Å². The molecule has 1 aliphatic heterocycles. The van der Waals surface area contributed by atoms with Crippen molar-refractivity contribution < 1.29 is 9.13 Å². The number of ether oxygens (including phenoxy) is 1. The van der Waals surface area contributed by atoms with E-state index in [4.69, 9.17) is 16.3 Å². The highest BCUT2D eigenvalue weighted by Gasteiger charge is 2.26. The predicted octanol–water partition coefficient (Wildman–Crippen LogP) is 4.07. The van der Waals surface area contributed by atoms with Crippen molar-refractivity contribution in [1.82, 2.24) is 10.6 Å². The molecular weight excluding hydrogens is 327 g/mol. The molecular formula is C19H22ClFN2O. The average Bonchev–Trinajstić information content (AvgIpc) is 2.60. The zero-order valence-corrected chi connectivity index (χ0v) is 14.4. The first-order valence-electron chi connectivity index (χ1n) is 8.22. The van der Waals surface area contributed by atoms with Crippen LogP contribution in [0.2, 0.25) is 5.02 Å². The van der Waals surface area contributed by atoms with Crippen molar-refractivity contribution >= 4 is 11.6 Å². The van der Waals surface area contributed by atoms with Crippen LogP contribution < -0.4 is 15.4 Å². The summed E-state index contributed by atoms with van der Waals surface area (Å²) < 4.78 is 19.0. The molecule has 128 valence electrons. The number of benzene rings is 2. The number of rotatable bonds is 5. The second-order valence-electron chi connectivity index (χ2n) is 6.05. The maximum atomic E-state index is 13.7. The molecule has 2 unspecified atom stereocenters. The van der Waals surface area contributed by atoms with E-state index in [1.165, 1.54) is 17.7 Å². The van der Waals surface area contributed by atoms with Crippen molar-refractivity contribution in [3.63, 3.8) is 0 Å². The molecule has 1 heterocycles. The Morgan fingerprint density at radius 1 is 1.29 bits per heavy atom. The fourth-order valence-electron chi connectivity index (χ4n) is 3.33. The third-order valence-electron chi connectivity index (χ3n) is 4.46. The van der Waals surface area contributed by atoms with Crippen LogP contribution in [0.4, 0.5) is 4.39 Å². The van der Waals surface area contributed by atoms with Crippen LogP contribution in [0.3, 0.4) is 0 Å². The van der Waals surface area contributed by atoms with Crippen LogP contribution in [0.1, 0.15) is 30.0 Å². The summed E-state index contributed by atoms with van der Waals surface area (Å²) in [5.41, 5.74) is 2.00. The zero-order valence-electron chi connectivity index (χ0n) is 13.7. The SMILES string of the molecule is COc1c(Cl)cc(F)cc1CNC1CCCNC1c1ccccc1. The van der Waals surface area contributed by atoms with E-state index in [2.05, 4.69) is 34.9 Å². The molecule has 1 saturated heterocycles. The lowest BCUT2D eigenvalue weighted by molar-refractivity contribution is 0.302. The van der Waals surface area contributed by atoms with E-state index in [-0.39, 0.29) is 17.9 Å². The molecule has 2 aromatic rings. The Morgan fingerprint density at radius 3 is 2.83 bits per heavy atom. The van der Waals surface area contributed by atoms with Gasteiger partial charge in [0, 0.05) is 24.2 Å². The van der Waals surface area contributed by atoms with Crippen LogP contribution in [0.25, 0.3) is 0 Å². The molecule has 1 aliphatic rings. The van der Waals surface area contributed by atoms with Crippen molar-refractivity contribution in [3.8, 4) is 5.75 Å². The maximum Gasteiger partial charge on any atom is 0.142 e. The molecule has 24 heavy (non-hydrogen) atoms. The molecule has 0 radical (unpaired) electrons. The van der Waals surface area contributed by atoms with Crippen molar-refractivity contribution in [3.05, 3.63) is 64.4 Å². The summed E-state index contributed by atoms with van der Waals surface area (Å²) >= 11 is 6.08. The van der Waals surface area contributed by atoms with Gasteiger partial charge in [0.25, 0.3) is 0 Å². The topological polar surface area (TPSA) is 33.3 Å². The standard InChI is InChI=1S/C19H22ClFN2O/c1-24-19-14(10-15(21)11-16(19)20)12-23-17-8-5-9-22-18(17)13-6-3-2-4-7-13/h2-4,6-7,10-11,17-18,22-23H,5,8-9,12H2,1H3. The minimum Gasteiger partial charge on any atom is -0.495 e. The Kier molecular flexibility index (Phi) is 5.72. The summed E-state index contributed by atoms with van der Waals surface area (Å²) in [6.45, 7) is 1.52. The Morgan fingerprint density at radius 2 is 2.08 bits per heavy atom. The molecule has 2 N–H and O–H groups in total. The van der Waals surface area contributed by atoms with E-state index in [1.54, 1.807) is 7.11 Å². The van der Waals surface area contributed by atoms with Gasteiger partial charge in [-0.05, 0) is 37.1 Å². The van der Waals surface area contributed by atoms with Crippen LogP contribution in [0, 0.1) is 5.82 Å². The van der Waals surface area contributed by atoms with Crippen LogP contribution in [-0.4, -0.2) is 19.7 Å². The fraction of sp³-hybridized carbons (Fsp3) is 0.368. The van der Waals surface area contributed by atoms with Crippen LogP contribution in [0.15, 0.2) is 42.5 Å². The van der Waals surface area contributed by atoms with Crippen LogP contribution in [-0.2, 0) is 6.54 Å². The lowest BCUT2D eigenvalue weighted by Crippen LogP contribution is -2.45. The van der Waals surface area contributed by atoms with Crippen LogP contribution in [0.5, 0.6) is 5.75 Å². The normalized spacial score (nSPS) is 20.8. The highest BCUT2D eigenvalue weighted by molar-refractivity contribution is 6.32. The number of hydrogen-bond donors (Lipinski definition) is 2. The number of methoxy groups -OCH3 is 1. The van der Waals surface area contributed by atoms with Gasteiger partial charge in [0.1, 0.15) is 11.6 Å². The molecule has 3 rings (SSSR count). The van der Waals surface area contributed by atoms with Gasteiger partial charge >= 0.3 is 0 Å². The number of piperidine rings is 1. The summed E-state index contributed by atoms with van der Waals surface area (Å²) in [6.07, 6.45) is 2.18. The van der Waals surface area contributed by atoms with Crippen molar-refractivity contribution in [1.29, 1.82) is 0 Å². The van der Waals surface area contributed by atoms with Gasteiger partial charge in [-0.15, -0.1) is 0 Å². The van der Waals surface area contributed by atoms with Gasteiger partial charge in [-0.3, -0.25) is 0 Å². The zero-order chi connectivity index (χ0) is 16.9. The summed E-state index contributed by atoms with van der Waals surface area (Å²) in [7, 11) is 1.55. The van der Waals surface area contributed by atoms with Gasteiger partial charge in [-0.25, -0.2) is 4.39 Å². The molecule has 3 nitrogen and oxygen atoms in total. The monoisotopic (exact) mass is 348 g/mol. The van der Waals surface area contributed by atoms with E-state index in [1.807, 2.05) is 6.07 Å². The van der Waals surface area contributed by atoms with Gasteiger partial charge in [-0.2, -0.15) is 0 Å². The van der Waals surface area contributed by atoms with Crippen LogP contribution >= 0.6 is 11.6 Å². The number of hydrogen-bond acceptors (Lipinski definition) is 3. The van der Waals surface area contributed by atoms with Crippen molar-refractivity contribution in [2.75, 3.05) is 13.7 Å². The molecule has 0 saturated carbocycles. The lowest BCUT2D eigenvalue weighted by Gasteiger charge is -2.34. The van der Waals surface area contributed by atoms with E-state index in [9.17, 15) is 4.39 Å². The quantitative estimate of drug-likeness (QED) is 0.854. The smallest absolute Gasteiger partial charge is 0.142 e. The first kappa shape index (κ1) is 17.2. The van der Waals surface area contributed by atoms with E-state index in [0.29, 0.717) is 17.3 Å². The average molecular weight is 349 g/mol. The summed E-state index contributed by atoms with van der Waals surface area (Å²) in [5, 5.41) is 7.43. The Labute approximate surface area is 147 Å². The van der Waals surface area contributed by atoms with Gasteiger partial charge in [0.2, 0.25) is 0 Å². The van der Waals surface area contributed by atoms with Crippen molar-refractivity contribution in [2.24, 2.45) is 0 Å². The fourth-order valence-corrected chi connectivity index (χ4v) is 3.64. The molecule has 0 aromatic heterocycles. The van der Waals surface area contributed by atoms with E-state index >= 15 is 0 Å². The summed E-state index contributed by atoms with van der Waals surface area (Å²) in [5.74, 6) is 0.185. The Balaban J connectivity index is 1.75. The first-order valence-corrected chi connectivity index (χ1v) is 8.60. The lowest BCUT2D eigenvalue weighted by atomic mass is 9.92. The van der Waals surface area contributed by atoms with E-state index < -0.39 is 0 Å². The number of nitrogens with one attached hydrogen (secondary N) is 2. The third-order valence-corrected chi connectivity index (χ3v) is 4.74. The molecule has 0 aliphatic carbocycles. The largest absolute Gasteiger partial charge is 0.495 e. The van der Waals surface area contributed by atoms with Crippen molar-refractivity contribution in [2.45, 2.75) is 31.5 Å². The second kappa shape index (κ2) is 7.97. The summed E-state index contributed by atoms with van der Waals surface area (Å²) in [4.78, 5) is 0. The highest BCUT2D eigenvalue weighted by atomic mass is 35.5. The predicted molar refractivity (Wildman–Crippen MR) is 95.0 cm³/mol. The highest BCUT2D eigenvalue weighted by Crippen LogP contribution is 2.30. The molecule has 0 spiro atoms. The Hall–Kier alpha value is -1.62. The Bertz CT molecular complexity index is 681. The maximum absolute atomic E-state index is 13.7. The second-order valence-corrected chi connectivity index (χ2v) is 6.46. The molecule has 0 bridgehead atoms. The minimum atomic E-state index is -0.348. The van der Waals surface area contributed by atoms with Gasteiger partial charge in [0.05, 0.1) is 12.1 Å². The molecule has 5 heteroatoms. The molecule has 2 atom stereocenters. The van der Waals surface area contributed by atoms with E-state index in [0.717, 1.165) is 24.9 Å².